The highest BCUT2D eigenvalue weighted by Crippen LogP contribution is 2.19. The number of hydrogen-bond donors (Lipinski definition) is 1. The summed E-state index contributed by atoms with van der Waals surface area (Å²) < 4.78 is 6.23. The smallest absolute Gasteiger partial charge is 0.271 e. The molecule has 1 N–H and O–H groups in total. The number of thiophene rings is 1. The third-order valence-electron chi connectivity index (χ3n) is 3.02. The van der Waals surface area contributed by atoms with Gasteiger partial charge in [-0.05, 0) is 45.6 Å². The Labute approximate surface area is 134 Å². The molecule has 0 radical (unpaired) electrons. The van der Waals surface area contributed by atoms with E-state index in [4.69, 9.17) is 4.42 Å². The molecule has 0 saturated heterocycles. The minimum absolute atomic E-state index is 0.0505. The monoisotopic (exact) mass is 364 g/mol. The number of nitrogens with one attached hydrogen (secondary N) is 1. The van der Waals surface area contributed by atoms with Crippen LogP contribution in [0, 0.1) is 0 Å². The summed E-state index contributed by atoms with van der Waals surface area (Å²) in [5.74, 6) is 0.719. The number of carbonyl (C=O) groups excluding carboxylic acids is 1. The van der Waals surface area contributed by atoms with Crippen molar-refractivity contribution < 1.29 is 9.21 Å². The Bertz CT molecular complexity index is 668. The van der Waals surface area contributed by atoms with E-state index >= 15 is 0 Å². The maximum absolute atomic E-state index is 12.6. The first-order valence-corrected chi connectivity index (χ1v) is 8.07. The lowest BCUT2D eigenvalue weighted by Crippen LogP contribution is -2.29. The Morgan fingerprint density at radius 3 is 2.86 bits per heavy atom. The molecule has 0 aromatic carbocycles. The van der Waals surface area contributed by atoms with Gasteiger partial charge >= 0.3 is 0 Å². The minimum Gasteiger partial charge on any atom is -0.467 e. The molecule has 0 spiro atoms. The lowest BCUT2D eigenvalue weighted by atomic mass is 10.3. The largest absolute Gasteiger partial charge is 0.467 e. The molecular formula is C15H13BrN2O2S. The van der Waals surface area contributed by atoms with Crippen molar-refractivity contribution in [2.75, 3.05) is 0 Å². The third-order valence-corrected chi connectivity index (χ3v) is 4.34. The van der Waals surface area contributed by atoms with Crippen LogP contribution in [0.15, 0.2) is 57.1 Å². The van der Waals surface area contributed by atoms with Crippen LogP contribution in [-0.2, 0) is 13.1 Å². The van der Waals surface area contributed by atoms with Crippen molar-refractivity contribution in [2.24, 2.45) is 0 Å². The molecule has 0 bridgehead atoms. The predicted octanol–water partition coefficient (Wildman–Crippen LogP) is 4.27. The number of rotatable bonds is 5. The standard InChI is InChI=1S/C15H13BrN2O2S/c16-11-7-14(17-8-11)15(19)18(9-12-3-1-5-20-12)10-13-4-2-6-21-13/h1-8,17H,9-10H2. The van der Waals surface area contributed by atoms with Gasteiger partial charge in [0.1, 0.15) is 11.5 Å². The molecule has 0 aliphatic carbocycles. The van der Waals surface area contributed by atoms with E-state index in [1.54, 1.807) is 34.8 Å². The van der Waals surface area contributed by atoms with Gasteiger partial charge in [-0.2, -0.15) is 0 Å². The van der Waals surface area contributed by atoms with Crippen LogP contribution in [0.1, 0.15) is 21.1 Å². The molecule has 3 aromatic heterocycles. The number of aromatic amines is 1. The normalized spacial score (nSPS) is 10.7. The van der Waals surface area contributed by atoms with Gasteiger partial charge in [-0.1, -0.05) is 6.07 Å². The lowest BCUT2D eigenvalue weighted by Gasteiger charge is -2.20. The molecule has 3 heterocycles. The number of aromatic nitrogens is 1. The topological polar surface area (TPSA) is 49.2 Å². The average molecular weight is 365 g/mol. The van der Waals surface area contributed by atoms with Gasteiger partial charge in [0.15, 0.2) is 0 Å². The molecule has 3 rings (SSSR count). The average Bonchev–Trinajstić information content (AvgIpc) is 3.19. The third kappa shape index (κ3) is 3.46. The molecule has 0 unspecified atom stereocenters. The van der Waals surface area contributed by atoms with Crippen LogP contribution in [-0.4, -0.2) is 15.8 Å². The molecule has 1 amide bonds. The number of halogens is 1. The van der Waals surface area contributed by atoms with E-state index in [0.717, 1.165) is 15.1 Å². The summed E-state index contributed by atoms with van der Waals surface area (Å²) in [5.41, 5.74) is 0.560. The zero-order valence-electron chi connectivity index (χ0n) is 11.1. The number of carbonyl (C=O) groups is 1. The number of nitrogens with zero attached hydrogens (tertiary/aromatic N) is 1. The quantitative estimate of drug-likeness (QED) is 0.734. The zero-order chi connectivity index (χ0) is 14.7. The van der Waals surface area contributed by atoms with Gasteiger partial charge < -0.3 is 14.3 Å². The zero-order valence-corrected chi connectivity index (χ0v) is 13.5. The Kier molecular flexibility index (Phi) is 4.26. The van der Waals surface area contributed by atoms with Gasteiger partial charge in [0.25, 0.3) is 5.91 Å². The Morgan fingerprint density at radius 1 is 1.33 bits per heavy atom. The molecule has 0 saturated carbocycles. The molecular weight excluding hydrogens is 352 g/mol. The molecule has 6 heteroatoms. The molecule has 0 aliphatic rings. The summed E-state index contributed by atoms with van der Waals surface area (Å²) in [7, 11) is 0. The summed E-state index contributed by atoms with van der Waals surface area (Å²) in [6, 6.07) is 9.50. The Morgan fingerprint density at radius 2 is 2.24 bits per heavy atom. The Hall–Kier alpha value is -1.79. The van der Waals surface area contributed by atoms with Gasteiger partial charge in [0.2, 0.25) is 0 Å². The lowest BCUT2D eigenvalue weighted by molar-refractivity contribution is 0.0714. The van der Waals surface area contributed by atoms with Crippen molar-refractivity contribution in [3.63, 3.8) is 0 Å². The number of furan rings is 1. The maximum atomic E-state index is 12.6. The van der Waals surface area contributed by atoms with E-state index in [1.807, 2.05) is 29.6 Å². The summed E-state index contributed by atoms with van der Waals surface area (Å²) in [4.78, 5) is 18.5. The van der Waals surface area contributed by atoms with Crippen LogP contribution in [0.25, 0.3) is 0 Å². The molecule has 4 nitrogen and oxygen atoms in total. The van der Waals surface area contributed by atoms with E-state index in [1.165, 1.54) is 0 Å². The molecule has 108 valence electrons. The predicted molar refractivity (Wildman–Crippen MR) is 85.1 cm³/mol. The van der Waals surface area contributed by atoms with Crippen molar-refractivity contribution in [3.05, 3.63) is 69.0 Å². The second-order valence-electron chi connectivity index (χ2n) is 4.55. The second-order valence-corrected chi connectivity index (χ2v) is 6.50. The van der Waals surface area contributed by atoms with Crippen LogP contribution in [0.4, 0.5) is 0 Å². The highest BCUT2D eigenvalue weighted by atomic mass is 79.9. The summed E-state index contributed by atoms with van der Waals surface area (Å²) in [6.07, 6.45) is 3.37. The van der Waals surface area contributed by atoms with Crippen LogP contribution in [0.5, 0.6) is 0 Å². The van der Waals surface area contributed by atoms with E-state index < -0.39 is 0 Å². The number of hydrogen-bond acceptors (Lipinski definition) is 3. The van der Waals surface area contributed by atoms with Gasteiger partial charge in [0.05, 0.1) is 19.4 Å². The summed E-state index contributed by atoms with van der Waals surface area (Å²) in [5, 5.41) is 2.01. The molecule has 3 aromatic rings. The van der Waals surface area contributed by atoms with Gasteiger partial charge in [0, 0.05) is 15.5 Å². The summed E-state index contributed by atoms with van der Waals surface area (Å²) in [6.45, 7) is 1.01. The fourth-order valence-corrected chi connectivity index (χ4v) is 3.11. The van der Waals surface area contributed by atoms with Crippen molar-refractivity contribution in [2.45, 2.75) is 13.1 Å². The van der Waals surface area contributed by atoms with Crippen LogP contribution < -0.4 is 0 Å². The van der Waals surface area contributed by atoms with Crippen LogP contribution in [0.3, 0.4) is 0 Å². The van der Waals surface area contributed by atoms with Crippen molar-refractivity contribution in [1.82, 2.24) is 9.88 Å². The van der Waals surface area contributed by atoms with E-state index in [0.29, 0.717) is 18.8 Å². The van der Waals surface area contributed by atoms with Gasteiger partial charge in [-0.3, -0.25) is 4.79 Å². The second kappa shape index (κ2) is 6.32. The van der Waals surface area contributed by atoms with Crippen molar-refractivity contribution in [3.8, 4) is 0 Å². The number of amides is 1. The van der Waals surface area contributed by atoms with E-state index in [2.05, 4.69) is 20.9 Å². The SMILES string of the molecule is O=C(c1cc(Br)c[nH]1)N(Cc1ccco1)Cc1cccs1. The molecule has 0 fully saturated rings. The Balaban J connectivity index is 1.82. The first-order valence-electron chi connectivity index (χ1n) is 6.40. The molecule has 0 aliphatic heterocycles. The van der Waals surface area contributed by atoms with E-state index in [9.17, 15) is 4.79 Å². The van der Waals surface area contributed by atoms with E-state index in [-0.39, 0.29) is 5.91 Å². The van der Waals surface area contributed by atoms with Crippen LogP contribution in [0.2, 0.25) is 0 Å². The van der Waals surface area contributed by atoms with Gasteiger partial charge in [-0.15, -0.1) is 11.3 Å². The fourth-order valence-electron chi connectivity index (χ4n) is 2.04. The highest BCUT2D eigenvalue weighted by molar-refractivity contribution is 9.10. The first kappa shape index (κ1) is 14.2. The van der Waals surface area contributed by atoms with Crippen LogP contribution >= 0.6 is 27.3 Å². The maximum Gasteiger partial charge on any atom is 0.271 e. The summed E-state index contributed by atoms with van der Waals surface area (Å²) >= 11 is 4.99. The van der Waals surface area contributed by atoms with Crippen molar-refractivity contribution >= 4 is 33.2 Å². The fraction of sp³-hybridized carbons (Fsp3) is 0.133. The van der Waals surface area contributed by atoms with Gasteiger partial charge in [-0.25, -0.2) is 0 Å². The minimum atomic E-state index is -0.0505. The first-order chi connectivity index (χ1) is 10.2. The molecule has 0 atom stereocenters. The number of H-pyrrole nitrogens is 1. The molecule has 21 heavy (non-hydrogen) atoms. The highest BCUT2D eigenvalue weighted by Gasteiger charge is 2.19. The van der Waals surface area contributed by atoms with Crippen molar-refractivity contribution in [1.29, 1.82) is 0 Å².